The monoisotopic (exact) mass is 266 g/mol. The highest BCUT2D eigenvalue weighted by Gasteiger charge is 2.17. The van der Waals surface area contributed by atoms with Gasteiger partial charge in [0, 0.05) is 17.4 Å². The van der Waals surface area contributed by atoms with Crippen LogP contribution in [0.15, 0.2) is 18.2 Å². The summed E-state index contributed by atoms with van der Waals surface area (Å²) in [5.41, 5.74) is 6.85. The number of hydrogen-bond donors (Lipinski definition) is 2. The summed E-state index contributed by atoms with van der Waals surface area (Å²) < 4.78 is 5.06. The minimum Gasteiger partial charge on any atom is -0.495 e. The fourth-order valence-electron chi connectivity index (χ4n) is 1.99. The summed E-state index contributed by atoms with van der Waals surface area (Å²) >= 11 is 1.93. The Kier molecular flexibility index (Phi) is 4.36. The van der Waals surface area contributed by atoms with E-state index in [0.717, 1.165) is 6.54 Å². The smallest absolute Gasteiger partial charge is 0.251 e. The topological polar surface area (TPSA) is 64.3 Å². The third-order valence-electron chi connectivity index (χ3n) is 3.01. The summed E-state index contributed by atoms with van der Waals surface area (Å²) in [5, 5.41) is 3.51. The number of thioether (sulfide) groups is 1. The van der Waals surface area contributed by atoms with Crippen LogP contribution in [-0.4, -0.2) is 30.6 Å². The van der Waals surface area contributed by atoms with Gasteiger partial charge in [-0.3, -0.25) is 4.79 Å². The van der Waals surface area contributed by atoms with Gasteiger partial charge in [-0.25, -0.2) is 0 Å². The summed E-state index contributed by atoms with van der Waals surface area (Å²) in [6.45, 7) is 0.732. The molecule has 1 unspecified atom stereocenters. The standard InChI is InChI=1S/C13H18N2O2S/c1-17-12-5-4-9(7-11(12)14)13(16)15-8-10-3-2-6-18-10/h4-5,7,10H,2-3,6,8,14H2,1H3,(H,15,16). The largest absolute Gasteiger partial charge is 0.495 e. The third-order valence-corrected chi connectivity index (χ3v) is 4.40. The van der Waals surface area contributed by atoms with Crippen molar-refractivity contribution >= 4 is 23.4 Å². The molecule has 18 heavy (non-hydrogen) atoms. The Morgan fingerprint density at radius 3 is 3.06 bits per heavy atom. The molecular weight excluding hydrogens is 248 g/mol. The maximum absolute atomic E-state index is 11.9. The number of nitrogens with one attached hydrogen (secondary N) is 1. The van der Waals surface area contributed by atoms with Gasteiger partial charge in [0.15, 0.2) is 0 Å². The molecule has 2 rings (SSSR count). The van der Waals surface area contributed by atoms with Crippen LogP contribution in [0.5, 0.6) is 5.75 Å². The van der Waals surface area contributed by atoms with Gasteiger partial charge in [0.25, 0.3) is 5.91 Å². The average Bonchev–Trinajstić information content (AvgIpc) is 2.89. The number of benzene rings is 1. The van der Waals surface area contributed by atoms with Crippen LogP contribution < -0.4 is 15.8 Å². The van der Waals surface area contributed by atoms with E-state index in [4.69, 9.17) is 10.5 Å². The van der Waals surface area contributed by atoms with E-state index in [0.29, 0.717) is 22.3 Å². The van der Waals surface area contributed by atoms with E-state index in [1.807, 2.05) is 11.8 Å². The molecule has 1 aromatic rings. The molecule has 0 aliphatic carbocycles. The van der Waals surface area contributed by atoms with Gasteiger partial charge in [-0.2, -0.15) is 11.8 Å². The maximum Gasteiger partial charge on any atom is 0.251 e. The molecule has 1 atom stereocenters. The quantitative estimate of drug-likeness (QED) is 0.817. The molecule has 0 spiro atoms. The van der Waals surface area contributed by atoms with Crippen LogP contribution >= 0.6 is 11.8 Å². The summed E-state index contributed by atoms with van der Waals surface area (Å²) in [6, 6.07) is 5.09. The first kappa shape index (κ1) is 13.1. The van der Waals surface area contributed by atoms with Crippen LogP contribution in [-0.2, 0) is 0 Å². The SMILES string of the molecule is COc1ccc(C(=O)NCC2CCCS2)cc1N. The molecule has 98 valence electrons. The van der Waals surface area contributed by atoms with E-state index < -0.39 is 0 Å². The summed E-state index contributed by atoms with van der Waals surface area (Å²) in [6.07, 6.45) is 2.44. The Morgan fingerprint density at radius 2 is 2.44 bits per heavy atom. The number of anilines is 1. The number of nitrogens with two attached hydrogens (primary N) is 1. The molecule has 5 heteroatoms. The van der Waals surface area contributed by atoms with Crippen molar-refractivity contribution in [1.82, 2.24) is 5.32 Å². The van der Waals surface area contributed by atoms with Gasteiger partial charge in [0.1, 0.15) is 5.75 Å². The van der Waals surface area contributed by atoms with E-state index in [9.17, 15) is 4.79 Å². The molecule has 0 saturated carbocycles. The van der Waals surface area contributed by atoms with Gasteiger partial charge in [-0.15, -0.1) is 0 Å². The van der Waals surface area contributed by atoms with Crippen LogP contribution in [0.2, 0.25) is 0 Å². The Morgan fingerprint density at radius 1 is 1.61 bits per heavy atom. The molecule has 1 heterocycles. The predicted molar refractivity (Wildman–Crippen MR) is 75.2 cm³/mol. The number of rotatable bonds is 4. The molecule has 4 nitrogen and oxygen atoms in total. The van der Waals surface area contributed by atoms with Crippen molar-refractivity contribution in [2.75, 3.05) is 25.1 Å². The second kappa shape index (κ2) is 6.00. The van der Waals surface area contributed by atoms with Gasteiger partial charge in [0.2, 0.25) is 0 Å². The van der Waals surface area contributed by atoms with Crippen molar-refractivity contribution in [3.63, 3.8) is 0 Å². The molecule has 1 aromatic carbocycles. The van der Waals surface area contributed by atoms with Crippen LogP contribution in [0.4, 0.5) is 5.69 Å². The summed E-state index contributed by atoms with van der Waals surface area (Å²) in [7, 11) is 1.56. The number of hydrogen-bond acceptors (Lipinski definition) is 4. The van der Waals surface area contributed by atoms with Crippen LogP contribution in [0, 0.1) is 0 Å². The van der Waals surface area contributed by atoms with Crippen molar-refractivity contribution in [3.05, 3.63) is 23.8 Å². The number of nitrogen functional groups attached to an aromatic ring is 1. The highest BCUT2D eigenvalue weighted by molar-refractivity contribution is 8.00. The first-order valence-corrected chi connectivity index (χ1v) is 7.09. The molecule has 3 N–H and O–H groups in total. The lowest BCUT2D eigenvalue weighted by Gasteiger charge is -2.11. The van der Waals surface area contributed by atoms with Gasteiger partial charge in [-0.1, -0.05) is 0 Å². The zero-order chi connectivity index (χ0) is 13.0. The molecule has 1 fully saturated rings. The van der Waals surface area contributed by atoms with E-state index >= 15 is 0 Å². The number of methoxy groups -OCH3 is 1. The van der Waals surface area contributed by atoms with Crippen molar-refractivity contribution in [3.8, 4) is 5.75 Å². The molecule has 1 saturated heterocycles. The normalized spacial score (nSPS) is 18.6. The zero-order valence-electron chi connectivity index (χ0n) is 10.4. The number of amides is 1. The lowest BCUT2D eigenvalue weighted by molar-refractivity contribution is 0.0953. The highest BCUT2D eigenvalue weighted by atomic mass is 32.2. The van der Waals surface area contributed by atoms with Crippen LogP contribution in [0.3, 0.4) is 0 Å². The second-order valence-electron chi connectivity index (χ2n) is 4.30. The van der Waals surface area contributed by atoms with Gasteiger partial charge >= 0.3 is 0 Å². The number of ether oxygens (including phenoxy) is 1. The van der Waals surface area contributed by atoms with E-state index in [1.54, 1.807) is 25.3 Å². The van der Waals surface area contributed by atoms with Crippen LogP contribution in [0.25, 0.3) is 0 Å². The highest BCUT2D eigenvalue weighted by Crippen LogP contribution is 2.25. The van der Waals surface area contributed by atoms with Crippen molar-refractivity contribution in [2.24, 2.45) is 0 Å². The third kappa shape index (κ3) is 3.10. The van der Waals surface area contributed by atoms with Gasteiger partial charge in [-0.05, 0) is 36.8 Å². The molecular formula is C13H18N2O2S. The minimum atomic E-state index is -0.0724. The average molecular weight is 266 g/mol. The molecule has 0 bridgehead atoms. The first-order valence-electron chi connectivity index (χ1n) is 6.04. The van der Waals surface area contributed by atoms with Gasteiger partial charge < -0.3 is 15.8 Å². The van der Waals surface area contributed by atoms with Crippen LogP contribution in [0.1, 0.15) is 23.2 Å². The second-order valence-corrected chi connectivity index (χ2v) is 5.71. The lowest BCUT2D eigenvalue weighted by Crippen LogP contribution is -2.29. The molecule has 1 aliphatic heterocycles. The maximum atomic E-state index is 11.9. The zero-order valence-corrected chi connectivity index (χ0v) is 11.3. The molecule has 0 aromatic heterocycles. The van der Waals surface area contributed by atoms with Crippen molar-refractivity contribution in [1.29, 1.82) is 0 Å². The van der Waals surface area contributed by atoms with Crippen molar-refractivity contribution in [2.45, 2.75) is 18.1 Å². The van der Waals surface area contributed by atoms with E-state index in [2.05, 4.69) is 5.32 Å². The lowest BCUT2D eigenvalue weighted by atomic mass is 10.1. The fourth-order valence-corrected chi connectivity index (χ4v) is 3.19. The minimum absolute atomic E-state index is 0.0724. The van der Waals surface area contributed by atoms with Crippen molar-refractivity contribution < 1.29 is 9.53 Å². The Bertz CT molecular complexity index is 431. The predicted octanol–water partition coefficient (Wildman–Crippen LogP) is 1.90. The Labute approximate surface area is 111 Å². The Balaban J connectivity index is 1.93. The fraction of sp³-hybridized carbons (Fsp3) is 0.462. The summed E-state index contributed by atoms with van der Waals surface area (Å²) in [5.74, 6) is 1.73. The van der Waals surface area contributed by atoms with E-state index in [-0.39, 0.29) is 5.91 Å². The number of carbonyl (C=O) groups is 1. The molecule has 0 radical (unpaired) electrons. The van der Waals surface area contributed by atoms with E-state index in [1.165, 1.54) is 18.6 Å². The summed E-state index contributed by atoms with van der Waals surface area (Å²) in [4.78, 5) is 11.9. The van der Waals surface area contributed by atoms with Gasteiger partial charge in [0.05, 0.1) is 12.8 Å². The number of carbonyl (C=O) groups excluding carboxylic acids is 1. The first-order chi connectivity index (χ1) is 8.70. The Hall–Kier alpha value is -1.36. The molecule has 1 aliphatic rings. The molecule has 1 amide bonds.